The predicted molar refractivity (Wildman–Crippen MR) is 186 cm³/mol. The van der Waals surface area contributed by atoms with Crippen LogP contribution >= 0.6 is 7.14 Å². The minimum Gasteiger partial charge on any atom is -0.496 e. The minimum atomic E-state index is -3.62. The highest BCUT2D eigenvalue weighted by Crippen LogP contribution is 2.52. The van der Waals surface area contributed by atoms with Gasteiger partial charge in [-0.05, 0) is 58.1 Å². The maximum absolute atomic E-state index is 16.6. The van der Waals surface area contributed by atoms with E-state index in [0.29, 0.717) is 22.6 Å². The van der Waals surface area contributed by atoms with E-state index >= 15 is 4.57 Å². The van der Waals surface area contributed by atoms with E-state index in [1.807, 2.05) is 12.1 Å². The molecule has 1 aliphatic heterocycles. The number of hydrogen-bond donors (Lipinski definition) is 0. The quantitative estimate of drug-likeness (QED) is 0.254. The lowest BCUT2D eigenvalue weighted by Gasteiger charge is -2.34. The fourth-order valence-electron chi connectivity index (χ4n) is 6.00. The Bertz CT molecular complexity index is 1480. The monoisotopic (exact) mass is 636 g/mol. The molecule has 0 aliphatic carbocycles. The lowest BCUT2D eigenvalue weighted by atomic mass is 9.79. The highest BCUT2D eigenvalue weighted by Gasteiger charge is 2.40. The van der Waals surface area contributed by atoms with Crippen LogP contribution in [-0.2, 0) is 26.2 Å². The third-order valence-corrected chi connectivity index (χ3v) is 11.5. The van der Waals surface area contributed by atoms with Gasteiger partial charge in [-0.25, -0.2) is 0 Å². The zero-order valence-electron chi connectivity index (χ0n) is 30.1. The first-order valence-corrected chi connectivity index (χ1v) is 17.3. The van der Waals surface area contributed by atoms with Crippen LogP contribution in [0.25, 0.3) is 0 Å². The highest BCUT2D eigenvalue weighted by atomic mass is 31.2. The average molecular weight is 637 g/mol. The fraction of sp³-hybridized carbons (Fsp3) is 0.526. The van der Waals surface area contributed by atoms with Gasteiger partial charge in [0, 0.05) is 38.2 Å². The van der Waals surface area contributed by atoms with Gasteiger partial charge >= 0.3 is 0 Å². The Morgan fingerprint density at radius 3 is 1.20 bits per heavy atom. The average Bonchev–Trinajstić information content (AvgIpc) is 3.41. The molecule has 1 aliphatic rings. The summed E-state index contributed by atoms with van der Waals surface area (Å²) >= 11 is 0. The van der Waals surface area contributed by atoms with Crippen molar-refractivity contribution in [3.63, 3.8) is 0 Å². The second-order valence-electron chi connectivity index (χ2n) is 16.1. The van der Waals surface area contributed by atoms with E-state index in [1.165, 1.54) is 0 Å². The van der Waals surface area contributed by atoms with Crippen molar-refractivity contribution in [1.82, 2.24) is 0 Å². The number of fused-ring (bicyclic) bond motifs is 1. The molecule has 45 heavy (non-hydrogen) atoms. The summed E-state index contributed by atoms with van der Waals surface area (Å²) in [6.07, 6.45) is 0. The van der Waals surface area contributed by atoms with Gasteiger partial charge < -0.3 is 28.2 Å². The van der Waals surface area contributed by atoms with Gasteiger partial charge in [0.05, 0.1) is 21.3 Å². The molecular weight excluding hydrogens is 583 g/mol. The summed E-state index contributed by atoms with van der Waals surface area (Å²) in [5.41, 5.74) is 2.86. The van der Waals surface area contributed by atoms with Crippen molar-refractivity contribution in [3.05, 3.63) is 58.7 Å². The Balaban J connectivity index is 2.28. The van der Waals surface area contributed by atoms with E-state index in [2.05, 4.69) is 107 Å². The van der Waals surface area contributed by atoms with E-state index in [-0.39, 0.29) is 28.5 Å². The second kappa shape index (κ2) is 11.6. The van der Waals surface area contributed by atoms with E-state index in [9.17, 15) is 0 Å². The van der Waals surface area contributed by atoms with Crippen molar-refractivity contribution in [2.45, 2.75) is 105 Å². The van der Waals surface area contributed by atoms with E-state index < -0.39 is 7.14 Å². The molecule has 0 bridgehead atoms. The zero-order valence-corrected chi connectivity index (χ0v) is 31.0. The molecule has 3 aromatic rings. The maximum Gasteiger partial charge on any atom is 0.231 e. The van der Waals surface area contributed by atoms with Crippen LogP contribution in [0, 0.1) is 0 Å². The van der Waals surface area contributed by atoms with Crippen LogP contribution in [0.5, 0.6) is 28.7 Å². The van der Waals surface area contributed by atoms with E-state index in [1.54, 1.807) is 21.3 Å². The highest BCUT2D eigenvalue weighted by molar-refractivity contribution is 7.85. The van der Waals surface area contributed by atoms with E-state index in [0.717, 1.165) is 44.4 Å². The van der Waals surface area contributed by atoms with Crippen LogP contribution < -0.4 is 39.6 Å². The fourth-order valence-corrected chi connectivity index (χ4v) is 8.74. The molecule has 0 atom stereocenters. The molecule has 0 radical (unpaired) electrons. The lowest BCUT2D eigenvalue weighted by molar-refractivity contribution is 0.171. The normalized spacial score (nSPS) is 14.0. The van der Waals surface area contributed by atoms with Gasteiger partial charge in [0.25, 0.3) is 0 Å². The first-order valence-electron chi connectivity index (χ1n) is 15.6. The smallest absolute Gasteiger partial charge is 0.231 e. The lowest BCUT2D eigenvalue weighted by Crippen LogP contribution is -2.31. The van der Waals surface area contributed by atoms with Crippen LogP contribution in [0.15, 0.2) is 36.4 Å². The number of benzene rings is 3. The van der Waals surface area contributed by atoms with Crippen molar-refractivity contribution in [2.75, 3.05) is 28.1 Å². The van der Waals surface area contributed by atoms with Crippen molar-refractivity contribution in [3.8, 4) is 28.7 Å². The molecule has 0 aromatic heterocycles. The summed E-state index contributed by atoms with van der Waals surface area (Å²) in [4.78, 5) is 0. The molecule has 0 unspecified atom stereocenters. The summed E-state index contributed by atoms with van der Waals surface area (Å²) < 4.78 is 46.2. The van der Waals surface area contributed by atoms with Crippen LogP contribution in [0.1, 0.15) is 105 Å². The number of hydrogen-bond acceptors (Lipinski definition) is 6. The minimum absolute atomic E-state index is 0.0786. The molecule has 246 valence electrons. The van der Waals surface area contributed by atoms with Gasteiger partial charge in [-0.1, -0.05) is 83.1 Å². The molecule has 0 amide bonds. The second-order valence-corrected chi connectivity index (χ2v) is 18.9. The predicted octanol–water partition coefficient (Wildman–Crippen LogP) is 8.27. The topological polar surface area (TPSA) is 63.2 Å². The van der Waals surface area contributed by atoms with Crippen molar-refractivity contribution >= 4 is 23.1 Å². The molecule has 3 aromatic carbocycles. The maximum atomic E-state index is 16.6. The third-order valence-electron chi connectivity index (χ3n) is 8.52. The molecule has 0 N–H and O–H groups in total. The van der Waals surface area contributed by atoms with Crippen LogP contribution in [0.4, 0.5) is 0 Å². The largest absolute Gasteiger partial charge is 0.496 e. The Kier molecular flexibility index (Phi) is 8.96. The molecule has 7 heteroatoms. The van der Waals surface area contributed by atoms with Gasteiger partial charge in [-0.2, -0.15) is 0 Å². The van der Waals surface area contributed by atoms with Crippen molar-refractivity contribution < 1.29 is 28.2 Å². The standard InChI is InChI=1S/C38H53O6P/c1-35(2,3)26-16-23(17-27(32(26)41-14)36(4,5)6)45(39,25-20-30(40-13)34-31(21-25)43-22-44-34)24-18-28(37(7,8)9)33(42-15)29(19-24)38(10,11)12/h16-21H,22H2,1-15H3. The van der Waals surface area contributed by atoms with Crippen molar-refractivity contribution in [1.29, 1.82) is 0 Å². The van der Waals surface area contributed by atoms with Gasteiger partial charge in [0.15, 0.2) is 18.6 Å². The molecule has 1 heterocycles. The molecule has 0 saturated carbocycles. The van der Waals surface area contributed by atoms with Crippen LogP contribution in [0.3, 0.4) is 0 Å². The van der Waals surface area contributed by atoms with E-state index in [4.69, 9.17) is 23.7 Å². The summed E-state index contributed by atoms with van der Waals surface area (Å²) in [6.45, 7) is 26.1. The van der Waals surface area contributed by atoms with Gasteiger partial charge in [-0.3, -0.25) is 0 Å². The summed E-state index contributed by atoms with van der Waals surface area (Å²) in [7, 11) is 1.41. The Morgan fingerprint density at radius 1 is 0.533 bits per heavy atom. The number of rotatable bonds is 6. The Hall–Kier alpha value is -3.11. The summed E-state index contributed by atoms with van der Waals surface area (Å²) in [6, 6.07) is 12.1. The molecule has 4 rings (SSSR count). The number of ether oxygens (including phenoxy) is 5. The third kappa shape index (κ3) is 6.32. The first kappa shape index (κ1) is 34.8. The zero-order chi connectivity index (χ0) is 33.9. The van der Waals surface area contributed by atoms with Gasteiger partial charge in [0.2, 0.25) is 12.5 Å². The molecular formula is C38H53O6P. The van der Waals surface area contributed by atoms with Gasteiger partial charge in [-0.15, -0.1) is 0 Å². The Morgan fingerprint density at radius 2 is 0.889 bits per heavy atom. The molecule has 0 fully saturated rings. The SMILES string of the molecule is COc1cc(P(=O)(c2cc(C(C)(C)C)c(OC)c(C(C)(C)C)c2)c2cc(C(C)(C)C)c(OC)c(C(C)(C)C)c2)cc2c1OCO2. The van der Waals surface area contributed by atoms with Gasteiger partial charge in [0.1, 0.15) is 11.5 Å². The van der Waals surface area contributed by atoms with Crippen LogP contribution in [-0.4, -0.2) is 28.1 Å². The summed E-state index contributed by atoms with van der Waals surface area (Å²) in [5, 5.41) is 2.06. The molecule has 0 saturated heterocycles. The molecule has 0 spiro atoms. The van der Waals surface area contributed by atoms with Crippen molar-refractivity contribution in [2.24, 2.45) is 0 Å². The number of methoxy groups -OCH3 is 3. The Labute approximate surface area is 271 Å². The first-order chi connectivity index (χ1) is 20.6. The molecule has 6 nitrogen and oxygen atoms in total. The summed E-state index contributed by atoms with van der Waals surface area (Å²) in [5.74, 6) is 3.18. The van der Waals surface area contributed by atoms with Crippen LogP contribution in [0.2, 0.25) is 0 Å².